The standard InChI is InChI=1S/C17H24N4O3/c18-12-13-3-1-6-16(13)17(22)20-9-7-19(8-10-20)14-4-2-5-15(11-14)21(23)24/h2,4-5,11,13,16H,1,3,6-10,12,18H2/t13-,16-/m1/s1. The number of amides is 1. The van der Waals surface area contributed by atoms with Gasteiger partial charge in [0.2, 0.25) is 5.91 Å². The Hall–Kier alpha value is -2.15. The fourth-order valence-electron chi connectivity index (χ4n) is 3.87. The Morgan fingerprint density at radius 1 is 1.25 bits per heavy atom. The van der Waals surface area contributed by atoms with Crippen molar-refractivity contribution in [2.75, 3.05) is 37.6 Å². The van der Waals surface area contributed by atoms with E-state index in [1.54, 1.807) is 12.1 Å². The lowest BCUT2D eigenvalue weighted by molar-refractivity contribution is -0.384. The van der Waals surface area contributed by atoms with Crippen molar-refractivity contribution < 1.29 is 9.72 Å². The topological polar surface area (TPSA) is 92.7 Å². The van der Waals surface area contributed by atoms with Crippen LogP contribution < -0.4 is 10.6 Å². The number of anilines is 1. The number of nitrogens with two attached hydrogens (primary N) is 1. The Labute approximate surface area is 141 Å². The highest BCUT2D eigenvalue weighted by Gasteiger charge is 2.35. The minimum absolute atomic E-state index is 0.0827. The van der Waals surface area contributed by atoms with Gasteiger partial charge in [-0.1, -0.05) is 12.5 Å². The molecule has 7 heteroatoms. The van der Waals surface area contributed by atoms with Gasteiger partial charge in [0.1, 0.15) is 0 Å². The van der Waals surface area contributed by atoms with Gasteiger partial charge >= 0.3 is 0 Å². The van der Waals surface area contributed by atoms with Crippen LogP contribution in [0.25, 0.3) is 0 Å². The summed E-state index contributed by atoms with van der Waals surface area (Å²) in [4.78, 5) is 27.3. The van der Waals surface area contributed by atoms with Gasteiger partial charge in [0, 0.05) is 49.9 Å². The molecule has 0 aromatic heterocycles. The molecule has 1 heterocycles. The van der Waals surface area contributed by atoms with Crippen LogP contribution in [0.4, 0.5) is 11.4 Å². The molecule has 3 rings (SSSR count). The molecule has 2 atom stereocenters. The van der Waals surface area contributed by atoms with Gasteiger partial charge in [-0.25, -0.2) is 0 Å². The van der Waals surface area contributed by atoms with Crippen LogP contribution in [0.2, 0.25) is 0 Å². The van der Waals surface area contributed by atoms with E-state index in [2.05, 4.69) is 4.90 Å². The zero-order valence-electron chi connectivity index (χ0n) is 13.8. The number of carbonyl (C=O) groups is 1. The Morgan fingerprint density at radius 2 is 2.00 bits per heavy atom. The first-order valence-corrected chi connectivity index (χ1v) is 8.58. The van der Waals surface area contributed by atoms with Gasteiger partial charge in [-0.15, -0.1) is 0 Å². The summed E-state index contributed by atoms with van der Waals surface area (Å²) in [7, 11) is 0. The number of hydrogen-bond donors (Lipinski definition) is 1. The third-order valence-corrected chi connectivity index (χ3v) is 5.28. The number of nitrogens with zero attached hydrogens (tertiary/aromatic N) is 3. The second-order valence-corrected chi connectivity index (χ2v) is 6.62. The lowest BCUT2D eigenvalue weighted by Crippen LogP contribution is -2.51. The van der Waals surface area contributed by atoms with Crippen molar-refractivity contribution in [2.45, 2.75) is 19.3 Å². The number of carbonyl (C=O) groups excluding carboxylic acids is 1. The van der Waals surface area contributed by atoms with Gasteiger partial charge in [0.05, 0.1) is 4.92 Å². The molecule has 1 saturated heterocycles. The molecular formula is C17H24N4O3. The predicted molar refractivity (Wildman–Crippen MR) is 91.8 cm³/mol. The van der Waals surface area contributed by atoms with Crippen molar-refractivity contribution in [3.63, 3.8) is 0 Å². The van der Waals surface area contributed by atoms with Crippen molar-refractivity contribution in [3.05, 3.63) is 34.4 Å². The van der Waals surface area contributed by atoms with Crippen LogP contribution in [0.3, 0.4) is 0 Å². The summed E-state index contributed by atoms with van der Waals surface area (Å²) >= 11 is 0. The van der Waals surface area contributed by atoms with Crippen molar-refractivity contribution in [3.8, 4) is 0 Å². The van der Waals surface area contributed by atoms with Crippen LogP contribution in [0.15, 0.2) is 24.3 Å². The highest BCUT2D eigenvalue weighted by atomic mass is 16.6. The molecule has 0 unspecified atom stereocenters. The summed E-state index contributed by atoms with van der Waals surface area (Å²) in [5.41, 5.74) is 6.74. The van der Waals surface area contributed by atoms with Crippen LogP contribution in [-0.2, 0) is 4.79 Å². The van der Waals surface area contributed by atoms with E-state index in [-0.39, 0.29) is 22.4 Å². The molecule has 0 bridgehead atoms. The third-order valence-electron chi connectivity index (χ3n) is 5.28. The first kappa shape index (κ1) is 16.7. The second kappa shape index (κ2) is 7.17. The average Bonchev–Trinajstić information content (AvgIpc) is 3.10. The summed E-state index contributed by atoms with van der Waals surface area (Å²) in [5, 5.41) is 10.9. The third kappa shape index (κ3) is 3.36. The second-order valence-electron chi connectivity index (χ2n) is 6.62. The van der Waals surface area contributed by atoms with Gasteiger partial charge in [-0.3, -0.25) is 14.9 Å². The normalized spacial score (nSPS) is 24.2. The van der Waals surface area contributed by atoms with Crippen LogP contribution in [0.5, 0.6) is 0 Å². The molecule has 2 aliphatic rings. The number of nitro benzene ring substituents is 1. The quantitative estimate of drug-likeness (QED) is 0.668. The van der Waals surface area contributed by atoms with Gasteiger partial charge in [-0.05, 0) is 31.4 Å². The van der Waals surface area contributed by atoms with Gasteiger partial charge < -0.3 is 15.5 Å². The average molecular weight is 332 g/mol. The maximum Gasteiger partial charge on any atom is 0.271 e. The molecule has 24 heavy (non-hydrogen) atoms. The molecule has 1 saturated carbocycles. The molecule has 1 aromatic rings. The van der Waals surface area contributed by atoms with E-state index < -0.39 is 0 Å². The zero-order chi connectivity index (χ0) is 17.1. The molecule has 1 amide bonds. The number of piperazine rings is 1. The molecule has 1 aliphatic heterocycles. The van der Waals surface area contributed by atoms with Crippen LogP contribution >= 0.6 is 0 Å². The fraction of sp³-hybridized carbons (Fsp3) is 0.588. The van der Waals surface area contributed by atoms with Crippen LogP contribution in [0, 0.1) is 22.0 Å². The van der Waals surface area contributed by atoms with Gasteiger partial charge in [0.25, 0.3) is 5.69 Å². The highest BCUT2D eigenvalue weighted by molar-refractivity contribution is 5.79. The molecule has 0 radical (unpaired) electrons. The fourth-order valence-corrected chi connectivity index (χ4v) is 3.87. The minimum atomic E-state index is -0.379. The Balaban J connectivity index is 1.60. The monoisotopic (exact) mass is 332 g/mol. The summed E-state index contributed by atoms with van der Waals surface area (Å²) in [6.45, 7) is 3.31. The van der Waals surface area contributed by atoms with E-state index in [1.165, 1.54) is 6.07 Å². The summed E-state index contributed by atoms with van der Waals surface area (Å²) < 4.78 is 0. The number of hydrogen-bond acceptors (Lipinski definition) is 5. The maximum absolute atomic E-state index is 12.7. The number of rotatable bonds is 4. The molecule has 2 fully saturated rings. The Kier molecular flexibility index (Phi) is 4.99. The maximum atomic E-state index is 12.7. The van der Waals surface area contributed by atoms with Crippen LogP contribution in [0.1, 0.15) is 19.3 Å². The van der Waals surface area contributed by atoms with Crippen molar-refractivity contribution >= 4 is 17.3 Å². The molecule has 0 spiro atoms. The Bertz CT molecular complexity index is 614. The molecule has 7 nitrogen and oxygen atoms in total. The molecule has 130 valence electrons. The molecular weight excluding hydrogens is 308 g/mol. The summed E-state index contributed by atoms with van der Waals surface area (Å²) in [5.74, 6) is 0.647. The lowest BCUT2D eigenvalue weighted by atomic mass is 9.94. The van der Waals surface area contributed by atoms with E-state index >= 15 is 0 Å². The summed E-state index contributed by atoms with van der Waals surface area (Å²) in [6, 6.07) is 6.68. The predicted octanol–water partition coefficient (Wildman–Crippen LogP) is 1.62. The first-order chi connectivity index (χ1) is 11.6. The highest BCUT2D eigenvalue weighted by Crippen LogP contribution is 2.33. The van der Waals surface area contributed by atoms with E-state index in [0.717, 1.165) is 24.9 Å². The molecule has 1 aliphatic carbocycles. The van der Waals surface area contributed by atoms with E-state index in [1.807, 2.05) is 11.0 Å². The molecule has 2 N–H and O–H groups in total. The summed E-state index contributed by atoms with van der Waals surface area (Å²) in [6.07, 6.45) is 3.10. The Morgan fingerprint density at radius 3 is 2.67 bits per heavy atom. The number of non-ortho nitro benzene ring substituents is 1. The number of benzene rings is 1. The van der Waals surface area contributed by atoms with E-state index in [0.29, 0.717) is 38.6 Å². The van der Waals surface area contributed by atoms with Crippen LogP contribution in [-0.4, -0.2) is 48.5 Å². The van der Waals surface area contributed by atoms with Crippen molar-refractivity contribution in [1.29, 1.82) is 0 Å². The SMILES string of the molecule is NC[C@H]1CCC[C@H]1C(=O)N1CCN(c2cccc([N+](=O)[O-])c2)CC1. The van der Waals surface area contributed by atoms with Gasteiger partial charge in [0.15, 0.2) is 0 Å². The smallest absolute Gasteiger partial charge is 0.271 e. The van der Waals surface area contributed by atoms with Gasteiger partial charge in [-0.2, -0.15) is 0 Å². The van der Waals surface area contributed by atoms with Crippen molar-refractivity contribution in [2.24, 2.45) is 17.6 Å². The lowest BCUT2D eigenvalue weighted by Gasteiger charge is -2.37. The van der Waals surface area contributed by atoms with E-state index in [4.69, 9.17) is 5.73 Å². The van der Waals surface area contributed by atoms with E-state index in [9.17, 15) is 14.9 Å². The first-order valence-electron chi connectivity index (χ1n) is 8.58. The zero-order valence-corrected chi connectivity index (χ0v) is 13.8. The minimum Gasteiger partial charge on any atom is -0.368 e. The number of nitro groups is 1. The van der Waals surface area contributed by atoms with Crippen molar-refractivity contribution in [1.82, 2.24) is 4.90 Å². The largest absolute Gasteiger partial charge is 0.368 e. The molecule has 1 aromatic carbocycles.